The van der Waals surface area contributed by atoms with Gasteiger partial charge in [0.1, 0.15) is 5.82 Å². The van der Waals surface area contributed by atoms with Crippen molar-refractivity contribution < 1.29 is 4.39 Å². The van der Waals surface area contributed by atoms with Crippen molar-refractivity contribution in [3.8, 4) is 0 Å². The molecule has 0 unspecified atom stereocenters. The van der Waals surface area contributed by atoms with Crippen molar-refractivity contribution in [3.05, 3.63) is 47.0 Å². The number of nitrogens with two attached hydrogens (primary N) is 1. The predicted octanol–water partition coefficient (Wildman–Crippen LogP) is 2.84. The van der Waals surface area contributed by atoms with E-state index < -0.39 is 0 Å². The Morgan fingerprint density at radius 3 is 2.39 bits per heavy atom. The molecule has 94 valence electrons. The van der Waals surface area contributed by atoms with E-state index in [4.69, 9.17) is 5.73 Å². The topological polar surface area (TPSA) is 51.8 Å². The minimum atomic E-state index is -0.287. The predicted molar refractivity (Wildman–Crippen MR) is 69.9 cm³/mol. The molecule has 0 fully saturated rings. The van der Waals surface area contributed by atoms with Gasteiger partial charge in [-0.2, -0.15) is 0 Å². The second kappa shape index (κ2) is 5.46. The number of rotatable bonds is 3. The van der Waals surface area contributed by atoms with E-state index in [9.17, 15) is 4.39 Å². The van der Waals surface area contributed by atoms with Crippen molar-refractivity contribution in [2.45, 2.75) is 30.4 Å². The quantitative estimate of drug-likeness (QED) is 0.865. The molecule has 1 aromatic carbocycles. The maximum Gasteiger partial charge on any atom is 0.192 e. The van der Waals surface area contributed by atoms with Gasteiger partial charge in [-0.15, -0.1) is 0 Å². The number of hydrogen-bond donors (Lipinski definition) is 1. The molecule has 0 saturated carbocycles. The number of hydrogen-bond acceptors (Lipinski definition) is 4. The molecule has 2 rings (SSSR count). The lowest BCUT2D eigenvalue weighted by Crippen LogP contribution is -1.97. The third-order valence-electron chi connectivity index (χ3n) is 2.34. The van der Waals surface area contributed by atoms with Gasteiger partial charge in [0, 0.05) is 22.8 Å². The standard InChI is InChI=1S/C13H14FN3S/c1-8-3-9(2)17-13(16-8)18-12-5-10(7-15)4-11(14)6-12/h3-6H,7,15H2,1-2H3. The highest BCUT2D eigenvalue weighted by molar-refractivity contribution is 7.99. The largest absolute Gasteiger partial charge is 0.326 e. The molecule has 0 amide bonds. The van der Waals surface area contributed by atoms with Crippen LogP contribution in [-0.4, -0.2) is 9.97 Å². The maximum atomic E-state index is 13.4. The molecule has 0 aliphatic heterocycles. The molecule has 2 aromatic rings. The lowest BCUT2D eigenvalue weighted by Gasteiger charge is -2.05. The Kier molecular flexibility index (Phi) is 3.93. The van der Waals surface area contributed by atoms with E-state index >= 15 is 0 Å². The fourth-order valence-electron chi connectivity index (χ4n) is 1.64. The van der Waals surface area contributed by atoms with Crippen molar-refractivity contribution in [1.82, 2.24) is 9.97 Å². The molecular formula is C13H14FN3S. The molecule has 5 heteroatoms. The van der Waals surface area contributed by atoms with Gasteiger partial charge in [-0.3, -0.25) is 0 Å². The smallest absolute Gasteiger partial charge is 0.192 e. The summed E-state index contributed by atoms with van der Waals surface area (Å²) in [5, 5.41) is 0.626. The average molecular weight is 263 g/mol. The van der Waals surface area contributed by atoms with E-state index in [0.717, 1.165) is 21.8 Å². The van der Waals surface area contributed by atoms with Crippen molar-refractivity contribution in [2.24, 2.45) is 5.73 Å². The van der Waals surface area contributed by atoms with Crippen LogP contribution in [-0.2, 0) is 6.54 Å². The first-order valence-corrected chi connectivity index (χ1v) is 6.38. The second-order valence-corrected chi connectivity index (χ2v) is 5.08. The number of aromatic nitrogens is 2. The molecule has 0 atom stereocenters. The van der Waals surface area contributed by atoms with E-state index in [0.29, 0.717) is 11.7 Å². The maximum absolute atomic E-state index is 13.4. The SMILES string of the molecule is Cc1cc(C)nc(Sc2cc(F)cc(CN)c2)n1. The van der Waals surface area contributed by atoms with Crippen LogP contribution in [0, 0.1) is 19.7 Å². The van der Waals surface area contributed by atoms with Gasteiger partial charge >= 0.3 is 0 Å². The Hall–Kier alpha value is -1.46. The molecule has 3 nitrogen and oxygen atoms in total. The first-order chi connectivity index (χ1) is 8.56. The minimum Gasteiger partial charge on any atom is -0.326 e. The number of aryl methyl sites for hydroxylation is 2. The first-order valence-electron chi connectivity index (χ1n) is 5.56. The van der Waals surface area contributed by atoms with Crippen molar-refractivity contribution in [2.75, 3.05) is 0 Å². The van der Waals surface area contributed by atoms with Crippen LogP contribution in [0.15, 0.2) is 34.3 Å². The summed E-state index contributed by atoms with van der Waals surface area (Å²) in [6, 6.07) is 6.66. The zero-order chi connectivity index (χ0) is 13.1. The van der Waals surface area contributed by atoms with Gasteiger partial charge in [-0.25, -0.2) is 14.4 Å². The lowest BCUT2D eigenvalue weighted by atomic mass is 10.2. The fourth-order valence-corrected chi connectivity index (χ4v) is 2.61. The Bertz CT molecular complexity index is 552. The monoisotopic (exact) mass is 263 g/mol. The van der Waals surface area contributed by atoms with Crippen LogP contribution in [0.3, 0.4) is 0 Å². The van der Waals surface area contributed by atoms with E-state index in [-0.39, 0.29) is 5.82 Å². The van der Waals surface area contributed by atoms with Crippen molar-refractivity contribution in [3.63, 3.8) is 0 Å². The van der Waals surface area contributed by atoms with E-state index in [1.165, 1.54) is 23.9 Å². The summed E-state index contributed by atoms with van der Waals surface area (Å²) in [5.41, 5.74) is 8.09. The molecule has 1 heterocycles. The normalized spacial score (nSPS) is 10.7. The van der Waals surface area contributed by atoms with Gasteiger partial charge in [-0.1, -0.05) is 0 Å². The summed E-state index contributed by atoms with van der Waals surface area (Å²) in [6.07, 6.45) is 0. The summed E-state index contributed by atoms with van der Waals surface area (Å²) in [5.74, 6) is -0.287. The van der Waals surface area contributed by atoms with E-state index in [1.807, 2.05) is 26.0 Å². The van der Waals surface area contributed by atoms with Crippen molar-refractivity contribution >= 4 is 11.8 Å². The highest BCUT2D eigenvalue weighted by Gasteiger charge is 2.05. The summed E-state index contributed by atoms with van der Waals surface area (Å²) in [4.78, 5) is 9.39. The molecule has 1 aromatic heterocycles. The first kappa shape index (κ1) is 13.0. The van der Waals surface area contributed by atoms with Gasteiger partial charge in [0.2, 0.25) is 0 Å². The molecule has 18 heavy (non-hydrogen) atoms. The van der Waals surface area contributed by atoms with Gasteiger partial charge in [0.15, 0.2) is 5.16 Å². The fraction of sp³-hybridized carbons (Fsp3) is 0.231. The summed E-state index contributed by atoms with van der Waals surface area (Å²) in [7, 11) is 0. The number of benzene rings is 1. The summed E-state index contributed by atoms with van der Waals surface area (Å²) >= 11 is 1.34. The summed E-state index contributed by atoms with van der Waals surface area (Å²) < 4.78 is 13.4. The van der Waals surface area contributed by atoms with E-state index in [1.54, 1.807) is 0 Å². The summed E-state index contributed by atoms with van der Waals surface area (Å²) in [6.45, 7) is 4.14. The highest BCUT2D eigenvalue weighted by atomic mass is 32.2. The zero-order valence-electron chi connectivity index (χ0n) is 10.3. The van der Waals surface area contributed by atoms with Crippen LogP contribution in [0.25, 0.3) is 0 Å². The molecule has 0 aliphatic carbocycles. The van der Waals surface area contributed by atoms with Gasteiger partial charge in [0.25, 0.3) is 0 Å². The Morgan fingerprint density at radius 1 is 1.11 bits per heavy atom. The van der Waals surface area contributed by atoms with Crippen LogP contribution in [0.1, 0.15) is 17.0 Å². The Morgan fingerprint density at radius 2 is 1.78 bits per heavy atom. The van der Waals surface area contributed by atoms with Crippen LogP contribution in [0.2, 0.25) is 0 Å². The average Bonchev–Trinajstić information content (AvgIpc) is 2.26. The van der Waals surface area contributed by atoms with Crippen LogP contribution in [0.4, 0.5) is 4.39 Å². The zero-order valence-corrected chi connectivity index (χ0v) is 11.1. The molecule has 2 N–H and O–H groups in total. The van der Waals surface area contributed by atoms with Crippen LogP contribution in [0.5, 0.6) is 0 Å². The van der Waals surface area contributed by atoms with Crippen molar-refractivity contribution in [1.29, 1.82) is 0 Å². The van der Waals surface area contributed by atoms with Gasteiger partial charge in [0.05, 0.1) is 0 Å². The molecule has 0 radical (unpaired) electrons. The Labute approximate surface area is 110 Å². The van der Waals surface area contributed by atoms with Gasteiger partial charge < -0.3 is 5.73 Å². The lowest BCUT2D eigenvalue weighted by molar-refractivity contribution is 0.621. The van der Waals surface area contributed by atoms with Gasteiger partial charge in [-0.05, 0) is 55.4 Å². The molecule has 0 aliphatic rings. The third kappa shape index (κ3) is 3.27. The second-order valence-electron chi connectivity index (χ2n) is 4.03. The third-order valence-corrected chi connectivity index (χ3v) is 3.17. The minimum absolute atomic E-state index is 0.287. The Balaban J connectivity index is 2.30. The van der Waals surface area contributed by atoms with Crippen LogP contribution < -0.4 is 5.73 Å². The molecular weight excluding hydrogens is 249 g/mol. The number of halogens is 1. The number of nitrogens with zero attached hydrogens (tertiary/aromatic N) is 2. The molecule has 0 bridgehead atoms. The molecule has 0 saturated heterocycles. The van der Waals surface area contributed by atoms with E-state index in [2.05, 4.69) is 9.97 Å². The highest BCUT2D eigenvalue weighted by Crippen LogP contribution is 2.26. The van der Waals surface area contributed by atoms with Crippen LogP contribution >= 0.6 is 11.8 Å². The molecule has 0 spiro atoms.